The van der Waals surface area contributed by atoms with E-state index in [1.54, 1.807) is 45.0 Å². The van der Waals surface area contributed by atoms with Gasteiger partial charge in [0.2, 0.25) is 0 Å². The van der Waals surface area contributed by atoms with Crippen LogP contribution in [0.15, 0.2) is 24.3 Å². The number of alkyl carbamates (subject to hydrolysis) is 1. The molecule has 1 aromatic carbocycles. The number of hydrogen-bond acceptors (Lipinski definition) is 4. The predicted molar refractivity (Wildman–Crippen MR) is 69.5 cm³/mol. The molecule has 0 saturated carbocycles. The van der Waals surface area contributed by atoms with E-state index in [4.69, 9.17) is 4.74 Å². The summed E-state index contributed by atoms with van der Waals surface area (Å²) in [5.74, 6) is 0. The Morgan fingerprint density at radius 2 is 1.79 bits per heavy atom. The summed E-state index contributed by atoms with van der Waals surface area (Å²) in [6.07, 6.45) is -2.67. The molecule has 3 N–H and O–H groups in total. The number of aliphatic hydroxyl groups is 2. The molecule has 2 rings (SSSR count). The fourth-order valence-electron chi connectivity index (χ4n) is 2.21. The first-order valence-electron chi connectivity index (χ1n) is 6.24. The molecular formula is C14H19NO4. The molecule has 0 fully saturated rings. The molecule has 0 radical (unpaired) electrons. The topological polar surface area (TPSA) is 78.8 Å². The van der Waals surface area contributed by atoms with Crippen LogP contribution in [0.3, 0.4) is 0 Å². The number of hydrogen-bond donors (Lipinski definition) is 3. The fraction of sp³-hybridized carbons (Fsp3) is 0.500. The van der Waals surface area contributed by atoms with Crippen LogP contribution in [-0.4, -0.2) is 28.0 Å². The highest BCUT2D eigenvalue weighted by Crippen LogP contribution is 2.38. The minimum absolute atomic E-state index is 0.605. The molecule has 1 aromatic rings. The van der Waals surface area contributed by atoms with Crippen molar-refractivity contribution < 1.29 is 19.7 Å². The second-order valence-electron chi connectivity index (χ2n) is 5.69. The van der Waals surface area contributed by atoms with Gasteiger partial charge in [0.1, 0.15) is 17.8 Å². The first-order chi connectivity index (χ1) is 8.79. The molecule has 1 amide bonds. The van der Waals surface area contributed by atoms with E-state index in [9.17, 15) is 15.0 Å². The Labute approximate surface area is 112 Å². The van der Waals surface area contributed by atoms with Gasteiger partial charge in [-0.2, -0.15) is 0 Å². The van der Waals surface area contributed by atoms with Crippen LogP contribution in [0.5, 0.6) is 0 Å². The standard InChI is InChI=1S/C14H19NO4/c1-14(2,3)19-13(18)15-10-8-6-4-5-7-9(8)11(16)12(10)17/h4-7,10-12,16-17H,1-3H3,(H,15,18)/t10-,11-,12-/m1/s1. The molecule has 0 spiro atoms. The second-order valence-corrected chi connectivity index (χ2v) is 5.69. The maximum atomic E-state index is 11.8. The number of aliphatic hydroxyl groups excluding tert-OH is 2. The molecule has 0 saturated heterocycles. The minimum atomic E-state index is -1.06. The monoisotopic (exact) mass is 265 g/mol. The van der Waals surface area contributed by atoms with Crippen molar-refractivity contribution in [2.45, 2.75) is 44.6 Å². The molecular weight excluding hydrogens is 246 g/mol. The highest BCUT2D eigenvalue weighted by molar-refractivity contribution is 5.69. The summed E-state index contributed by atoms with van der Waals surface area (Å²) < 4.78 is 5.16. The average molecular weight is 265 g/mol. The molecule has 5 heteroatoms. The maximum Gasteiger partial charge on any atom is 0.408 e. The molecule has 5 nitrogen and oxygen atoms in total. The SMILES string of the molecule is CC(C)(C)OC(=O)N[C@@H]1c2ccccc2[C@@H](O)[C@@H]1O. The van der Waals surface area contributed by atoms with E-state index in [0.29, 0.717) is 11.1 Å². The Bertz CT molecular complexity index is 481. The van der Waals surface area contributed by atoms with Crippen molar-refractivity contribution in [3.8, 4) is 0 Å². The predicted octanol–water partition coefficient (Wildman–Crippen LogP) is 1.66. The van der Waals surface area contributed by atoms with Crippen LogP contribution in [0.25, 0.3) is 0 Å². The van der Waals surface area contributed by atoms with Gasteiger partial charge in [-0.05, 0) is 31.9 Å². The van der Waals surface area contributed by atoms with Gasteiger partial charge in [-0.15, -0.1) is 0 Å². The van der Waals surface area contributed by atoms with Crippen LogP contribution in [-0.2, 0) is 4.74 Å². The van der Waals surface area contributed by atoms with Crippen LogP contribution in [0.1, 0.15) is 44.0 Å². The summed E-state index contributed by atoms with van der Waals surface area (Å²) in [5, 5.41) is 22.5. The molecule has 1 aliphatic carbocycles. The van der Waals surface area contributed by atoms with Crippen LogP contribution in [0, 0.1) is 0 Å². The third kappa shape index (κ3) is 2.88. The van der Waals surface area contributed by atoms with E-state index < -0.39 is 29.9 Å². The van der Waals surface area contributed by atoms with E-state index in [1.807, 2.05) is 0 Å². The quantitative estimate of drug-likeness (QED) is 0.721. The van der Waals surface area contributed by atoms with Crippen molar-refractivity contribution in [1.82, 2.24) is 5.32 Å². The minimum Gasteiger partial charge on any atom is -0.444 e. The number of carbonyl (C=O) groups excluding carboxylic acids is 1. The molecule has 3 atom stereocenters. The lowest BCUT2D eigenvalue weighted by molar-refractivity contribution is 0.00359. The van der Waals surface area contributed by atoms with Gasteiger partial charge < -0.3 is 20.3 Å². The lowest BCUT2D eigenvalue weighted by Crippen LogP contribution is -2.38. The van der Waals surface area contributed by atoms with E-state index >= 15 is 0 Å². The van der Waals surface area contributed by atoms with Crippen molar-refractivity contribution in [2.24, 2.45) is 0 Å². The van der Waals surface area contributed by atoms with E-state index in [2.05, 4.69) is 5.32 Å². The molecule has 0 heterocycles. The summed E-state index contributed by atoms with van der Waals surface area (Å²) in [6, 6.07) is 6.44. The molecule has 0 bridgehead atoms. The first kappa shape index (κ1) is 13.8. The number of benzene rings is 1. The van der Waals surface area contributed by atoms with Gasteiger partial charge in [-0.25, -0.2) is 4.79 Å². The summed E-state index contributed by atoms with van der Waals surface area (Å²) >= 11 is 0. The Hall–Kier alpha value is -1.59. The smallest absolute Gasteiger partial charge is 0.408 e. The summed E-state index contributed by atoms with van der Waals surface area (Å²) in [6.45, 7) is 5.29. The van der Waals surface area contributed by atoms with Gasteiger partial charge in [-0.1, -0.05) is 24.3 Å². The molecule has 0 aromatic heterocycles. The fourth-order valence-corrected chi connectivity index (χ4v) is 2.21. The van der Waals surface area contributed by atoms with Crippen molar-refractivity contribution >= 4 is 6.09 Å². The van der Waals surface area contributed by atoms with Crippen LogP contribution < -0.4 is 5.32 Å². The lowest BCUT2D eigenvalue weighted by atomic mass is 10.1. The van der Waals surface area contributed by atoms with E-state index in [1.165, 1.54) is 0 Å². The third-order valence-corrected chi connectivity index (χ3v) is 2.99. The largest absolute Gasteiger partial charge is 0.444 e. The molecule has 104 valence electrons. The Kier molecular flexibility index (Phi) is 3.52. The number of amides is 1. The van der Waals surface area contributed by atoms with E-state index in [-0.39, 0.29) is 0 Å². The molecule has 1 aliphatic rings. The summed E-state index contributed by atoms with van der Waals surface area (Å²) in [4.78, 5) is 11.8. The van der Waals surface area contributed by atoms with Crippen LogP contribution in [0.2, 0.25) is 0 Å². The Balaban J connectivity index is 2.15. The van der Waals surface area contributed by atoms with Gasteiger partial charge in [0.15, 0.2) is 0 Å². The Morgan fingerprint density at radius 3 is 2.37 bits per heavy atom. The van der Waals surface area contributed by atoms with Gasteiger partial charge in [0.05, 0.1) is 6.04 Å². The van der Waals surface area contributed by atoms with Crippen molar-refractivity contribution in [3.63, 3.8) is 0 Å². The van der Waals surface area contributed by atoms with Gasteiger partial charge in [0.25, 0.3) is 0 Å². The zero-order valence-corrected chi connectivity index (χ0v) is 11.3. The average Bonchev–Trinajstić information content (AvgIpc) is 2.53. The zero-order chi connectivity index (χ0) is 14.2. The van der Waals surface area contributed by atoms with Crippen molar-refractivity contribution in [1.29, 1.82) is 0 Å². The first-order valence-corrected chi connectivity index (χ1v) is 6.24. The van der Waals surface area contributed by atoms with Crippen molar-refractivity contribution in [3.05, 3.63) is 35.4 Å². The maximum absolute atomic E-state index is 11.8. The highest BCUT2D eigenvalue weighted by atomic mass is 16.6. The third-order valence-electron chi connectivity index (χ3n) is 2.99. The van der Waals surface area contributed by atoms with E-state index in [0.717, 1.165) is 0 Å². The van der Waals surface area contributed by atoms with Gasteiger partial charge in [0, 0.05) is 0 Å². The molecule has 0 aliphatic heterocycles. The summed E-state index contributed by atoms with van der Waals surface area (Å²) in [5.41, 5.74) is 0.746. The number of fused-ring (bicyclic) bond motifs is 1. The van der Waals surface area contributed by atoms with Gasteiger partial charge in [-0.3, -0.25) is 0 Å². The number of nitrogens with one attached hydrogen (secondary N) is 1. The van der Waals surface area contributed by atoms with Crippen LogP contribution in [0.4, 0.5) is 4.79 Å². The molecule has 0 unspecified atom stereocenters. The highest BCUT2D eigenvalue weighted by Gasteiger charge is 2.39. The lowest BCUT2D eigenvalue weighted by Gasteiger charge is -2.23. The zero-order valence-electron chi connectivity index (χ0n) is 11.3. The normalized spacial score (nSPS) is 25.8. The number of carbonyl (C=O) groups is 1. The number of rotatable bonds is 1. The van der Waals surface area contributed by atoms with Crippen molar-refractivity contribution in [2.75, 3.05) is 0 Å². The summed E-state index contributed by atoms with van der Waals surface area (Å²) in [7, 11) is 0. The second kappa shape index (κ2) is 4.83. The van der Waals surface area contributed by atoms with Gasteiger partial charge >= 0.3 is 6.09 Å². The number of ether oxygens (including phenoxy) is 1. The Morgan fingerprint density at radius 1 is 1.21 bits per heavy atom. The van der Waals surface area contributed by atoms with Crippen LogP contribution >= 0.6 is 0 Å². The molecule has 19 heavy (non-hydrogen) atoms.